The van der Waals surface area contributed by atoms with Gasteiger partial charge in [-0.25, -0.2) is 4.68 Å². The molecule has 0 spiro atoms. The van der Waals surface area contributed by atoms with Gasteiger partial charge in [0.2, 0.25) is 0 Å². The van der Waals surface area contributed by atoms with E-state index in [0.29, 0.717) is 6.54 Å². The number of hydrogen-bond acceptors (Lipinski definition) is 7. The molecule has 4 heterocycles. The Hall–Kier alpha value is -2.91. The van der Waals surface area contributed by atoms with Crippen LogP contribution in [0.25, 0.3) is 16.0 Å². The van der Waals surface area contributed by atoms with E-state index in [1.807, 2.05) is 57.6 Å². The average molecular weight is 454 g/mol. The van der Waals surface area contributed by atoms with Crippen molar-refractivity contribution in [3.05, 3.63) is 52.3 Å². The van der Waals surface area contributed by atoms with E-state index in [0.717, 1.165) is 64.2 Å². The first kappa shape index (κ1) is 20.0. The number of anilines is 1. The molecule has 31 heavy (non-hydrogen) atoms. The molecular formula is C22H23N5O2S2. The molecule has 0 unspecified atom stereocenters. The second-order valence-corrected chi connectivity index (χ2v) is 9.25. The predicted octanol–water partition coefficient (Wildman–Crippen LogP) is 4.21. The van der Waals surface area contributed by atoms with Crippen molar-refractivity contribution in [2.24, 2.45) is 0 Å². The lowest BCUT2D eigenvalue weighted by atomic mass is 10.3. The number of ether oxygens (including phenoxy) is 1. The topological polar surface area (TPSA) is 63.5 Å². The molecule has 1 saturated heterocycles. The third-order valence-electron chi connectivity index (χ3n) is 5.52. The van der Waals surface area contributed by atoms with Crippen molar-refractivity contribution in [2.45, 2.75) is 13.3 Å². The van der Waals surface area contributed by atoms with Gasteiger partial charge in [-0.1, -0.05) is 11.3 Å². The van der Waals surface area contributed by atoms with Crippen molar-refractivity contribution >= 4 is 44.1 Å². The van der Waals surface area contributed by atoms with Gasteiger partial charge in [-0.2, -0.15) is 21.4 Å². The third kappa shape index (κ3) is 3.79. The van der Waals surface area contributed by atoms with Crippen LogP contribution in [-0.2, 0) is 0 Å². The first-order chi connectivity index (χ1) is 15.1. The van der Waals surface area contributed by atoms with E-state index in [-0.39, 0.29) is 5.91 Å². The zero-order valence-electron chi connectivity index (χ0n) is 17.4. The number of methoxy groups -OCH3 is 1. The summed E-state index contributed by atoms with van der Waals surface area (Å²) in [5, 5.41) is 9.56. The number of carbonyl (C=O) groups excluding carboxylic acids is 1. The maximum Gasteiger partial charge on any atom is 0.254 e. The quantitative estimate of drug-likeness (QED) is 0.463. The van der Waals surface area contributed by atoms with Crippen LogP contribution in [0.1, 0.15) is 22.5 Å². The number of aromatic nitrogens is 3. The molecule has 1 aromatic carbocycles. The Bertz CT molecular complexity index is 1200. The van der Waals surface area contributed by atoms with E-state index < -0.39 is 0 Å². The maximum atomic E-state index is 12.7. The Morgan fingerprint density at radius 2 is 1.94 bits per heavy atom. The SMILES string of the molecule is COc1ccc(-n2nc(C)c3sc(N4CCCN(C(=O)c5ccsc5)CC4)nc32)cc1. The number of amides is 1. The molecule has 0 radical (unpaired) electrons. The highest BCUT2D eigenvalue weighted by molar-refractivity contribution is 7.22. The molecule has 1 aliphatic heterocycles. The normalized spacial score (nSPS) is 14.8. The van der Waals surface area contributed by atoms with Gasteiger partial charge in [0.15, 0.2) is 10.8 Å². The number of hydrogen-bond donors (Lipinski definition) is 0. The molecule has 0 saturated carbocycles. The Morgan fingerprint density at radius 3 is 2.68 bits per heavy atom. The molecule has 7 nitrogen and oxygen atoms in total. The van der Waals surface area contributed by atoms with E-state index in [1.165, 1.54) is 0 Å². The number of carbonyl (C=O) groups is 1. The number of fused-ring (bicyclic) bond motifs is 1. The summed E-state index contributed by atoms with van der Waals surface area (Å²) < 4.78 is 8.26. The maximum absolute atomic E-state index is 12.7. The van der Waals surface area contributed by atoms with Crippen LogP contribution in [0.15, 0.2) is 41.1 Å². The lowest BCUT2D eigenvalue weighted by Gasteiger charge is -2.21. The third-order valence-corrected chi connectivity index (χ3v) is 7.41. The van der Waals surface area contributed by atoms with Crippen LogP contribution >= 0.6 is 22.7 Å². The van der Waals surface area contributed by atoms with E-state index in [2.05, 4.69) is 4.90 Å². The highest BCUT2D eigenvalue weighted by Gasteiger charge is 2.24. The molecule has 0 bridgehead atoms. The minimum Gasteiger partial charge on any atom is -0.497 e. The summed E-state index contributed by atoms with van der Waals surface area (Å²) in [6.07, 6.45) is 0.926. The second-order valence-electron chi connectivity index (χ2n) is 7.49. The number of nitrogens with zero attached hydrogens (tertiary/aromatic N) is 5. The van der Waals surface area contributed by atoms with E-state index in [4.69, 9.17) is 14.8 Å². The Balaban J connectivity index is 1.38. The van der Waals surface area contributed by atoms with Crippen LogP contribution in [0.5, 0.6) is 5.75 Å². The zero-order chi connectivity index (χ0) is 21.4. The minimum atomic E-state index is 0.124. The Kier molecular flexibility index (Phi) is 5.37. The van der Waals surface area contributed by atoms with Crippen molar-refractivity contribution in [1.29, 1.82) is 0 Å². The highest BCUT2D eigenvalue weighted by atomic mass is 32.1. The van der Waals surface area contributed by atoms with Gasteiger partial charge in [-0.05, 0) is 49.1 Å². The van der Waals surface area contributed by atoms with Crippen LogP contribution in [0, 0.1) is 6.92 Å². The number of rotatable bonds is 4. The van der Waals surface area contributed by atoms with Crippen LogP contribution in [0.3, 0.4) is 0 Å². The molecule has 0 N–H and O–H groups in total. The fourth-order valence-electron chi connectivity index (χ4n) is 3.84. The molecule has 0 aliphatic carbocycles. The Morgan fingerprint density at radius 1 is 1.10 bits per heavy atom. The average Bonchev–Trinajstić information content (AvgIpc) is 3.49. The van der Waals surface area contributed by atoms with E-state index >= 15 is 0 Å². The molecular weight excluding hydrogens is 430 g/mol. The summed E-state index contributed by atoms with van der Waals surface area (Å²) in [4.78, 5) is 21.9. The smallest absolute Gasteiger partial charge is 0.254 e. The highest BCUT2D eigenvalue weighted by Crippen LogP contribution is 2.33. The molecule has 5 rings (SSSR count). The number of benzene rings is 1. The van der Waals surface area contributed by atoms with Crippen LogP contribution in [0.4, 0.5) is 5.13 Å². The molecule has 1 amide bonds. The lowest BCUT2D eigenvalue weighted by molar-refractivity contribution is 0.0767. The lowest BCUT2D eigenvalue weighted by Crippen LogP contribution is -2.35. The number of thiophene rings is 1. The summed E-state index contributed by atoms with van der Waals surface area (Å²) in [6, 6.07) is 9.74. The first-order valence-corrected chi connectivity index (χ1v) is 12.0. The molecule has 9 heteroatoms. The zero-order valence-corrected chi connectivity index (χ0v) is 19.1. The fourth-order valence-corrected chi connectivity index (χ4v) is 5.51. The molecule has 4 aromatic rings. The van der Waals surface area contributed by atoms with Crippen LogP contribution in [-0.4, -0.2) is 58.9 Å². The molecule has 3 aromatic heterocycles. The molecule has 1 aliphatic rings. The summed E-state index contributed by atoms with van der Waals surface area (Å²) >= 11 is 3.23. The molecule has 1 fully saturated rings. The number of thiazole rings is 1. The molecule has 160 valence electrons. The van der Waals surface area contributed by atoms with Crippen LogP contribution in [0.2, 0.25) is 0 Å². The first-order valence-electron chi connectivity index (χ1n) is 10.2. The van der Waals surface area contributed by atoms with Crippen molar-refractivity contribution in [3.8, 4) is 11.4 Å². The van der Waals surface area contributed by atoms with Gasteiger partial charge in [0, 0.05) is 31.6 Å². The monoisotopic (exact) mass is 453 g/mol. The summed E-state index contributed by atoms with van der Waals surface area (Å²) in [7, 11) is 1.66. The van der Waals surface area contributed by atoms with Gasteiger partial charge in [-0.15, -0.1) is 0 Å². The van der Waals surface area contributed by atoms with Crippen molar-refractivity contribution < 1.29 is 9.53 Å². The van der Waals surface area contributed by atoms with Gasteiger partial charge in [0.25, 0.3) is 5.91 Å². The van der Waals surface area contributed by atoms with Crippen LogP contribution < -0.4 is 9.64 Å². The minimum absolute atomic E-state index is 0.124. The van der Waals surface area contributed by atoms with Crippen molar-refractivity contribution in [3.63, 3.8) is 0 Å². The summed E-state index contributed by atoms with van der Waals surface area (Å²) in [5.41, 5.74) is 3.59. The van der Waals surface area contributed by atoms with Gasteiger partial charge >= 0.3 is 0 Å². The van der Waals surface area contributed by atoms with E-state index in [1.54, 1.807) is 29.8 Å². The standard InChI is InChI=1S/C22H23N5O2S2/c1-15-19-20(27(24-15)17-4-6-18(29-2)7-5-17)23-22(31-19)26-10-3-9-25(11-12-26)21(28)16-8-13-30-14-16/h4-8,13-14H,3,9-12H2,1-2H3. The van der Waals surface area contributed by atoms with Gasteiger partial charge in [-0.3, -0.25) is 4.79 Å². The van der Waals surface area contributed by atoms with Gasteiger partial charge in [0.1, 0.15) is 5.75 Å². The second kappa shape index (κ2) is 8.32. The van der Waals surface area contributed by atoms with Gasteiger partial charge in [0.05, 0.1) is 28.8 Å². The summed E-state index contributed by atoms with van der Waals surface area (Å²) in [6.45, 7) is 5.16. The van der Waals surface area contributed by atoms with Crippen molar-refractivity contribution in [2.75, 3.05) is 38.2 Å². The Labute approximate surface area is 188 Å². The predicted molar refractivity (Wildman–Crippen MR) is 125 cm³/mol. The number of aryl methyl sites for hydroxylation is 1. The van der Waals surface area contributed by atoms with E-state index in [9.17, 15) is 4.79 Å². The largest absolute Gasteiger partial charge is 0.497 e. The van der Waals surface area contributed by atoms with Gasteiger partial charge < -0.3 is 14.5 Å². The molecule has 0 atom stereocenters. The summed E-state index contributed by atoms with van der Waals surface area (Å²) in [5.74, 6) is 0.937. The van der Waals surface area contributed by atoms with Crippen molar-refractivity contribution in [1.82, 2.24) is 19.7 Å². The fraction of sp³-hybridized carbons (Fsp3) is 0.318.